The molecular weight excluding hydrogens is 224 g/mol. The fraction of sp³-hybridized carbons (Fsp3) is 0. The lowest BCUT2D eigenvalue weighted by Gasteiger charge is -1.99. The summed E-state index contributed by atoms with van der Waals surface area (Å²) < 4.78 is 0. The normalized spacial score (nSPS) is 11.1. The third-order valence-electron chi connectivity index (χ3n) is 1.66. The molecule has 0 bridgehead atoms. The fourth-order valence-electron chi connectivity index (χ4n) is 1.05. The highest BCUT2D eigenvalue weighted by Crippen LogP contribution is 2.35. The first-order valence-electron chi connectivity index (χ1n) is 3.73. The van der Waals surface area contributed by atoms with Crippen LogP contribution in [0.25, 0.3) is 0 Å². The molecule has 10 nitrogen and oxygen atoms in total. The standard InChI is InChI=1S/C6H4N4O6/c11-7-8(12)6-4(9(13)14)2-1-3-5(6)10(15)16/h1-3,11H/b8-7-. The predicted molar refractivity (Wildman–Crippen MR) is 47.3 cm³/mol. The monoisotopic (exact) mass is 228 g/mol. The molecule has 0 radical (unpaired) electrons. The minimum absolute atomic E-state index is 0.587. The molecular formula is C6H4N4O6. The first-order valence-corrected chi connectivity index (χ1v) is 3.73. The van der Waals surface area contributed by atoms with E-state index in [4.69, 9.17) is 5.21 Å². The van der Waals surface area contributed by atoms with Crippen LogP contribution in [0.3, 0.4) is 0 Å². The van der Waals surface area contributed by atoms with Gasteiger partial charge in [-0.25, -0.2) is 0 Å². The molecule has 0 fully saturated rings. The lowest BCUT2D eigenvalue weighted by Crippen LogP contribution is -2.02. The molecule has 16 heavy (non-hydrogen) atoms. The number of hydrogen-bond donors (Lipinski definition) is 1. The molecule has 0 saturated carbocycles. The molecule has 0 amide bonds. The Labute approximate surface area is 86.9 Å². The van der Waals surface area contributed by atoms with Crippen LogP contribution in [0, 0.1) is 25.4 Å². The van der Waals surface area contributed by atoms with Gasteiger partial charge < -0.3 is 10.4 Å². The van der Waals surface area contributed by atoms with E-state index in [9.17, 15) is 25.4 Å². The lowest BCUT2D eigenvalue weighted by molar-refractivity contribution is -0.495. The van der Waals surface area contributed by atoms with E-state index < -0.39 is 31.8 Å². The highest BCUT2D eigenvalue weighted by atomic mass is 16.6. The Morgan fingerprint density at radius 1 is 1.06 bits per heavy atom. The van der Waals surface area contributed by atoms with Crippen molar-refractivity contribution in [2.75, 3.05) is 0 Å². The zero-order valence-electron chi connectivity index (χ0n) is 7.51. The van der Waals surface area contributed by atoms with E-state index in [-0.39, 0.29) is 0 Å². The van der Waals surface area contributed by atoms with Crippen molar-refractivity contribution in [3.63, 3.8) is 0 Å². The smallest absolute Gasteiger partial charge is 0.401 e. The molecule has 84 valence electrons. The first-order chi connectivity index (χ1) is 7.49. The summed E-state index contributed by atoms with van der Waals surface area (Å²) in [7, 11) is 0. The van der Waals surface area contributed by atoms with E-state index in [1.54, 1.807) is 0 Å². The molecule has 0 aliphatic rings. The molecule has 0 saturated heterocycles. The largest absolute Gasteiger partial charge is 0.591 e. The summed E-state index contributed by atoms with van der Waals surface area (Å²) >= 11 is 0. The van der Waals surface area contributed by atoms with Gasteiger partial charge in [0.1, 0.15) is 0 Å². The van der Waals surface area contributed by atoms with Crippen molar-refractivity contribution < 1.29 is 19.9 Å². The molecule has 1 N–H and O–H groups in total. The van der Waals surface area contributed by atoms with Crippen LogP contribution < -0.4 is 0 Å². The summed E-state index contributed by atoms with van der Waals surface area (Å²) in [4.78, 5) is 18.5. The first kappa shape index (κ1) is 11.3. The zero-order chi connectivity index (χ0) is 12.3. The van der Waals surface area contributed by atoms with Gasteiger partial charge in [0.25, 0.3) is 0 Å². The van der Waals surface area contributed by atoms with Crippen LogP contribution in [0.1, 0.15) is 0 Å². The van der Waals surface area contributed by atoms with E-state index in [2.05, 4.69) is 5.28 Å². The van der Waals surface area contributed by atoms with Gasteiger partial charge in [-0.15, -0.1) is 0 Å². The maximum Gasteiger partial charge on any atom is 0.401 e. The van der Waals surface area contributed by atoms with Gasteiger partial charge in [-0.2, -0.15) is 0 Å². The van der Waals surface area contributed by atoms with E-state index in [1.807, 2.05) is 0 Å². The van der Waals surface area contributed by atoms with Crippen LogP contribution in [0.15, 0.2) is 23.5 Å². The third kappa shape index (κ3) is 1.84. The van der Waals surface area contributed by atoms with Gasteiger partial charge in [0.15, 0.2) is 0 Å². The van der Waals surface area contributed by atoms with Gasteiger partial charge in [-0.1, -0.05) is 0 Å². The van der Waals surface area contributed by atoms with Crippen molar-refractivity contribution in [3.8, 4) is 0 Å². The Morgan fingerprint density at radius 3 is 1.81 bits per heavy atom. The Morgan fingerprint density at radius 2 is 1.50 bits per heavy atom. The Kier molecular flexibility index (Phi) is 2.94. The summed E-state index contributed by atoms with van der Waals surface area (Å²) in [5.41, 5.74) is -2.57. The van der Waals surface area contributed by atoms with Gasteiger partial charge in [-0.3, -0.25) is 20.2 Å². The molecule has 0 atom stereocenters. The second kappa shape index (κ2) is 4.16. The van der Waals surface area contributed by atoms with Gasteiger partial charge in [0.2, 0.25) is 5.28 Å². The van der Waals surface area contributed by atoms with E-state index in [1.165, 1.54) is 0 Å². The second-order valence-electron chi connectivity index (χ2n) is 2.52. The van der Waals surface area contributed by atoms with Crippen molar-refractivity contribution >= 4 is 17.1 Å². The molecule has 0 aliphatic carbocycles. The summed E-state index contributed by atoms with van der Waals surface area (Å²) in [5, 5.41) is 42.3. The molecule has 1 aromatic rings. The predicted octanol–water partition coefficient (Wildman–Crippen LogP) is 1.49. The Hall–Kier alpha value is -2.78. The van der Waals surface area contributed by atoms with E-state index in [0.29, 0.717) is 0 Å². The number of benzene rings is 1. The van der Waals surface area contributed by atoms with Crippen LogP contribution in [0.5, 0.6) is 0 Å². The number of para-hydroxylation sites is 1. The summed E-state index contributed by atoms with van der Waals surface area (Å²) in [6, 6.07) is 2.82. The van der Waals surface area contributed by atoms with Crippen molar-refractivity contribution in [1.29, 1.82) is 0 Å². The van der Waals surface area contributed by atoms with Crippen LogP contribution in [0.2, 0.25) is 0 Å². The quantitative estimate of drug-likeness (QED) is 0.358. The van der Waals surface area contributed by atoms with Gasteiger partial charge in [0.05, 0.1) is 9.85 Å². The molecule has 0 heterocycles. The van der Waals surface area contributed by atoms with E-state index >= 15 is 0 Å². The molecule has 1 rings (SSSR count). The summed E-state index contributed by atoms with van der Waals surface area (Å²) in [5.74, 6) is 0. The topological polar surface area (TPSA) is 145 Å². The van der Waals surface area contributed by atoms with Crippen molar-refractivity contribution in [2.45, 2.75) is 0 Å². The average Bonchev–Trinajstić information content (AvgIpc) is 2.26. The molecule has 0 aromatic heterocycles. The second-order valence-corrected chi connectivity index (χ2v) is 2.52. The van der Waals surface area contributed by atoms with Crippen LogP contribution in [-0.2, 0) is 0 Å². The third-order valence-corrected chi connectivity index (χ3v) is 1.66. The highest BCUT2D eigenvalue weighted by Gasteiger charge is 2.33. The van der Waals surface area contributed by atoms with Crippen LogP contribution >= 0.6 is 0 Å². The molecule has 0 spiro atoms. The highest BCUT2D eigenvalue weighted by molar-refractivity contribution is 5.65. The van der Waals surface area contributed by atoms with Crippen molar-refractivity contribution in [1.82, 2.24) is 0 Å². The van der Waals surface area contributed by atoms with Gasteiger partial charge in [0, 0.05) is 17.0 Å². The number of rotatable bonds is 3. The zero-order valence-corrected chi connectivity index (χ0v) is 7.51. The van der Waals surface area contributed by atoms with Crippen LogP contribution in [0.4, 0.5) is 17.1 Å². The van der Waals surface area contributed by atoms with Gasteiger partial charge in [-0.05, 0) is 6.07 Å². The Balaban J connectivity index is 3.60. The number of nitro groups is 2. The van der Waals surface area contributed by atoms with E-state index in [0.717, 1.165) is 18.2 Å². The fourth-order valence-corrected chi connectivity index (χ4v) is 1.05. The molecule has 10 heteroatoms. The van der Waals surface area contributed by atoms with Crippen molar-refractivity contribution in [2.24, 2.45) is 5.28 Å². The number of hydrogen-bond acceptors (Lipinski definition) is 6. The lowest BCUT2D eigenvalue weighted by atomic mass is 10.2. The van der Waals surface area contributed by atoms with Gasteiger partial charge >= 0.3 is 17.1 Å². The minimum atomic E-state index is -0.988. The minimum Gasteiger partial charge on any atom is -0.591 e. The molecule has 0 aliphatic heterocycles. The summed E-state index contributed by atoms with van der Waals surface area (Å²) in [6.45, 7) is 0. The number of nitro benzene ring substituents is 2. The van der Waals surface area contributed by atoms with Crippen molar-refractivity contribution in [3.05, 3.63) is 43.6 Å². The van der Waals surface area contributed by atoms with Crippen LogP contribution in [-0.4, -0.2) is 19.9 Å². The SMILES string of the molecule is O=[N+]([O-])c1cccc([N+](=O)[O-])c1/[N+]([O-])=N/O. The maximum absolute atomic E-state index is 11.0. The summed E-state index contributed by atoms with van der Waals surface area (Å²) in [6.07, 6.45) is 0. The average molecular weight is 228 g/mol. The molecule has 1 aromatic carbocycles. The maximum atomic E-state index is 11.0. The number of nitrogens with zero attached hydrogens (tertiary/aromatic N) is 4. The Bertz CT molecular complexity index is 452. The molecule has 0 unspecified atom stereocenters.